The number of rotatable bonds is 6. The highest BCUT2D eigenvalue weighted by molar-refractivity contribution is 5.86. The Bertz CT molecular complexity index is 571. The molecule has 1 fully saturated rings. The predicted octanol–water partition coefficient (Wildman–Crippen LogP) is 0.983. The third kappa shape index (κ3) is 4.08. The molecule has 22 heavy (non-hydrogen) atoms. The maximum Gasteiger partial charge on any atom is 0.305 e. The lowest BCUT2D eigenvalue weighted by molar-refractivity contribution is -0.142. The predicted molar refractivity (Wildman–Crippen MR) is 82.7 cm³/mol. The number of benzene rings is 1. The fraction of sp³-hybridized carbons (Fsp3) is 0.375. The number of hydrogen-bond donors (Lipinski definition) is 2. The Balaban J connectivity index is 2.03. The van der Waals surface area contributed by atoms with Crippen molar-refractivity contribution >= 4 is 18.0 Å². The molecule has 1 saturated heterocycles. The number of ether oxygens (including phenoxy) is 1. The molecule has 1 aromatic rings. The summed E-state index contributed by atoms with van der Waals surface area (Å²) in [4.78, 5) is 24.6. The molecule has 6 heteroatoms. The molecule has 2 N–H and O–H groups in total. The van der Waals surface area contributed by atoms with Gasteiger partial charge in [0.25, 0.3) is 0 Å². The van der Waals surface area contributed by atoms with Crippen LogP contribution in [0, 0.1) is 0 Å². The summed E-state index contributed by atoms with van der Waals surface area (Å²) >= 11 is 0. The van der Waals surface area contributed by atoms with Crippen molar-refractivity contribution in [3.05, 3.63) is 35.9 Å². The van der Waals surface area contributed by atoms with E-state index in [-0.39, 0.29) is 12.3 Å². The zero-order chi connectivity index (χ0) is 15.9. The standard InChI is InChI=1S/C16H20N2O4/c1-22-14-7-3-2-5-12(14)6-4-9-18-10-8-17-16(21)13(18)11-15(19)20/h2-7,13H,8-11H2,1H3,(H,17,21)(H,19,20)/b6-4+. The van der Waals surface area contributed by atoms with E-state index in [9.17, 15) is 9.59 Å². The monoisotopic (exact) mass is 304 g/mol. The Hall–Kier alpha value is -2.34. The molecule has 0 bridgehead atoms. The number of hydrogen-bond acceptors (Lipinski definition) is 4. The van der Waals surface area contributed by atoms with Crippen LogP contribution in [-0.4, -0.2) is 54.7 Å². The van der Waals surface area contributed by atoms with Gasteiger partial charge < -0.3 is 15.2 Å². The SMILES string of the molecule is COc1ccccc1/C=C/CN1CCNC(=O)C1CC(=O)O. The molecule has 0 spiro atoms. The van der Waals surface area contributed by atoms with Gasteiger partial charge in [-0.2, -0.15) is 0 Å². The minimum atomic E-state index is -0.972. The quantitative estimate of drug-likeness (QED) is 0.819. The number of carboxylic acids is 1. The van der Waals surface area contributed by atoms with Crippen LogP contribution in [0.4, 0.5) is 0 Å². The van der Waals surface area contributed by atoms with Crippen molar-refractivity contribution in [2.45, 2.75) is 12.5 Å². The maximum atomic E-state index is 11.8. The normalized spacial score (nSPS) is 19.1. The summed E-state index contributed by atoms with van der Waals surface area (Å²) in [6.45, 7) is 1.70. The van der Waals surface area contributed by atoms with Crippen LogP contribution in [0.3, 0.4) is 0 Å². The van der Waals surface area contributed by atoms with Gasteiger partial charge in [0.1, 0.15) is 5.75 Å². The average molecular weight is 304 g/mol. The van der Waals surface area contributed by atoms with Crippen molar-refractivity contribution in [2.75, 3.05) is 26.7 Å². The van der Waals surface area contributed by atoms with Crippen LogP contribution in [0.5, 0.6) is 5.75 Å². The molecule has 1 atom stereocenters. The van der Waals surface area contributed by atoms with Crippen LogP contribution in [0.2, 0.25) is 0 Å². The first kappa shape index (κ1) is 16.0. The van der Waals surface area contributed by atoms with E-state index in [1.807, 2.05) is 41.3 Å². The van der Waals surface area contributed by atoms with Crippen LogP contribution in [0.1, 0.15) is 12.0 Å². The van der Waals surface area contributed by atoms with E-state index in [2.05, 4.69) is 5.32 Å². The van der Waals surface area contributed by atoms with Gasteiger partial charge in [0.15, 0.2) is 0 Å². The van der Waals surface area contributed by atoms with Crippen LogP contribution in [0.25, 0.3) is 6.08 Å². The molecule has 1 aliphatic heterocycles. The van der Waals surface area contributed by atoms with Crippen LogP contribution in [0.15, 0.2) is 30.3 Å². The number of carbonyl (C=O) groups excluding carboxylic acids is 1. The van der Waals surface area contributed by atoms with Crippen molar-refractivity contribution in [2.24, 2.45) is 0 Å². The number of para-hydroxylation sites is 1. The zero-order valence-corrected chi connectivity index (χ0v) is 12.5. The second kappa shape index (κ2) is 7.61. The molecule has 0 aliphatic carbocycles. The minimum Gasteiger partial charge on any atom is -0.496 e. The number of methoxy groups -OCH3 is 1. The fourth-order valence-electron chi connectivity index (χ4n) is 2.49. The molecular weight excluding hydrogens is 284 g/mol. The number of nitrogens with zero attached hydrogens (tertiary/aromatic N) is 1. The average Bonchev–Trinajstić information content (AvgIpc) is 2.50. The Morgan fingerprint density at radius 2 is 2.27 bits per heavy atom. The van der Waals surface area contributed by atoms with E-state index in [1.54, 1.807) is 7.11 Å². The Morgan fingerprint density at radius 1 is 1.50 bits per heavy atom. The molecule has 0 saturated carbocycles. The van der Waals surface area contributed by atoms with Crippen molar-refractivity contribution in [1.29, 1.82) is 0 Å². The third-order valence-electron chi connectivity index (χ3n) is 3.59. The Morgan fingerprint density at radius 3 is 3.00 bits per heavy atom. The fourth-order valence-corrected chi connectivity index (χ4v) is 2.49. The minimum absolute atomic E-state index is 0.186. The number of piperazine rings is 1. The second-order valence-corrected chi connectivity index (χ2v) is 5.04. The van der Waals surface area contributed by atoms with Crippen molar-refractivity contribution in [3.63, 3.8) is 0 Å². The molecule has 118 valence electrons. The summed E-state index contributed by atoms with van der Waals surface area (Å²) in [6.07, 6.45) is 3.66. The number of amides is 1. The molecule has 1 unspecified atom stereocenters. The zero-order valence-electron chi connectivity index (χ0n) is 12.5. The molecule has 1 heterocycles. The molecular formula is C16H20N2O4. The van der Waals surface area contributed by atoms with E-state index >= 15 is 0 Å². The van der Waals surface area contributed by atoms with Gasteiger partial charge in [-0.15, -0.1) is 0 Å². The summed E-state index contributed by atoms with van der Waals surface area (Å²) in [6, 6.07) is 7.01. The van der Waals surface area contributed by atoms with Gasteiger partial charge in [-0.1, -0.05) is 30.4 Å². The first-order chi connectivity index (χ1) is 10.6. The molecule has 1 aliphatic rings. The van der Waals surface area contributed by atoms with Gasteiger partial charge in [-0.25, -0.2) is 0 Å². The summed E-state index contributed by atoms with van der Waals surface area (Å²) in [5.41, 5.74) is 0.946. The third-order valence-corrected chi connectivity index (χ3v) is 3.59. The Labute approximate surface area is 129 Å². The first-order valence-electron chi connectivity index (χ1n) is 7.15. The number of nitrogens with one attached hydrogen (secondary N) is 1. The lowest BCUT2D eigenvalue weighted by atomic mass is 10.1. The lowest BCUT2D eigenvalue weighted by Crippen LogP contribution is -2.55. The van der Waals surface area contributed by atoms with E-state index < -0.39 is 12.0 Å². The van der Waals surface area contributed by atoms with Crippen LogP contribution >= 0.6 is 0 Å². The van der Waals surface area contributed by atoms with Crippen LogP contribution < -0.4 is 10.1 Å². The van der Waals surface area contributed by atoms with E-state index in [1.165, 1.54) is 0 Å². The topological polar surface area (TPSA) is 78.9 Å². The van der Waals surface area contributed by atoms with Gasteiger partial charge in [-0.3, -0.25) is 14.5 Å². The molecule has 2 rings (SSSR count). The summed E-state index contributed by atoms with van der Waals surface area (Å²) in [5, 5.41) is 11.6. The van der Waals surface area contributed by atoms with E-state index in [0.29, 0.717) is 19.6 Å². The number of carboxylic acid groups (broad SMARTS) is 1. The summed E-state index contributed by atoms with van der Waals surface area (Å²) in [5.74, 6) is -0.419. The molecule has 0 aromatic heterocycles. The van der Waals surface area contributed by atoms with Gasteiger partial charge >= 0.3 is 5.97 Å². The summed E-state index contributed by atoms with van der Waals surface area (Å²) < 4.78 is 5.27. The van der Waals surface area contributed by atoms with Gasteiger partial charge in [-0.05, 0) is 6.07 Å². The number of aliphatic carboxylic acids is 1. The highest BCUT2D eigenvalue weighted by atomic mass is 16.5. The highest BCUT2D eigenvalue weighted by Crippen LogP contribution is 2.19. The molecule has 0 radical (unpaired) electrons. The van der Waals surface area contributed by atoms with Crippen molar-refractivity contribution in [1.82, 2.24) is 10.2 Å². The lowest BCUT2D eigenvalue weighted by Gasteiger charge is -2.33. The van der Waals surface area contributed by atoms with Gasteiger partial charge in [0.2, 0.25) is 5.91 Å². The van der Waals surface area contributed by atoms with E-state index in [0.717, 1.165) is 11.3 Å². The van der Waals surface area contributed by atoms with Crippen molar-refractivity contribution in [3.8, 4) is 5.75 Å². The summed E-state index contributed by atoms with van der Waals surface area (Å²) in [7, 11) is 1.62. The molecule has 1 aromatic carbocycles. The largest absolute Gasteiger partial charge is 0.496 e. The van der Waals surface area contributed by atoms with Crippen LogP contribution in [-0.2, 0) is 9.59 Å². The van der Waals surface area contributed by atoms with Gasteiger partial charge in [0, 0.05) is 25.2 Å². The maximum absolute atomic E-state index is 11.8. The van der Waals surface area contributed by atoms with Crippen molar-refractivity contribution < 1.29 is 19.4 Å². The van der Waals surface area contributed by atoms with E-state index in [4.69, 9.17) is 9.84 Å². The number of carbonyl (C=O) groups is 2. The molecule has 6 nitrogen and oxygen atoms in total. The van der Waals surface area contributed by atoms with Gasteiger partial charge in [0.05, 0.1) is 19.6 Å². The first-order valence-corrected chi connectivity index (χ1v) is 7.15. The highest BCUT2D eigenvalue weighted by Gasteiger charge is 2.30. The smallest absolute Gasteiger partial charge is 0.305 e. The Kier molecular flexibility index (Phi) is 5.55. The second-order valence-electron chi connectivity index (χ2n) is 5.04. The molecule has 1 amide bonds.